The van der Waals surface area contributed by atoms with Gasteiger partial charge in [0.15, 0.2) is 0 Å². The van der Waals surface area contributed by atoms with Crippen LogP contribution >= 0.6 is 0 Å². The van der Waals surface area contributed by atoms with Crippen LogP contribution in [-0.4, -0.2) is 14.7 Å². The molecule has 0 saturated carbocycles. The molecule has 0 bridgehead atoms. The highest BCUT2D eigenvalue weighted by atomic mass is 16.3. The number of aromatic nitrogens is 2. The standard InChI is InChI=1S/C13H19N3O/c1-8(2)16-11-7-9(14)5-6-10(11)15-12(16)13(3,4)17/h5-8,17H,14H2,1-4H3. The van der Waals surface area contributed by atoms with Gasteiger partial charge < -0.3 is 15.4 Å². The van der Waals surface area contributed by atoms with Crippen LogP contribution in [0.15, 0.2) is 18.2 Å². The minimum atomic E-state index is -0.960. The number of nitrogens with zero attached hydrogens (tertiary/aromatic N) is 2. The van der Waals surface area contributed by atoms with Gasteiger partial charge in [-0.2, -0.15) is 0 Å². The van der Waals surface area contributed by atoms with Gasteiger partial charge in [0, 0.05) is 11.7 Å². The third kappa shape index (κ3) is 2.00. The molecule has 1 aromatic heterocycles. The largest absolute Gasteiger partial charge is 0.399 e. The van der Waals surface area contributed by atoms with Crippen molar-refractivity contribution in [3.05, 3.63) is 24.0 Å². The molecule has 0 aliphatic rings. The summed E-state index contributed by atoms with van der Waals surface area (Å²) in [5.41, 5.74) is 7.39. The highest BCUT2D eigenvalue weighted by Crippen LogP contribution is 2.29. The van der Waals surface area contributed by atoms with Gasteiger partial charge in [-0.05, 0) is 45.9 Å². The first-order chi connectivity index (χ1) is 7.80. The first-order valence-corrected chi connectivity index (χ1v) is 5.81. The van der Waals surface area contributed by atoms with Crippen molar-refractivity contribution >= 4 is 16.7 Å². The molecule has 0 aliphatic heterocycles. The zero-order valence-electron chi connectivity index (χ0n) is 10.7. The lowest BCUT2D eigenvalue weighted by Gasteiger charge is -2.21. The summed E-state index contributed by atoms with van der Waals surface area (Å²) in [5.74, 6) is 0.674. The van der Waals surface area contributed by atoms with E-state index in [0.29, 0.717) is 11.5 Å². The summed E-state index contributed by atoms with van der Waals surface area (Å²) in [7, 11) is 0. The summed E-state index contributed by atoms with van der Waals surface area (Å²) in [6, 6.07) is 5.84. The van der Waals surface area contributed by atoms with Crippen LogP contribution in [0.25, 0.3) is 11.0 Å². The molecule has 4 nitrogen and oxygen atoms in total. The normalized spacial score (nSPS) is 12.6. The average molecular weight is 233 g/mol. The molecule has 0 unspecified atom stereocenters. The van der Waals surface area contributed by atoms with E-state index in [2.05, 4.69) is 18.8 Å². The van der Waals surface area contributed by atoms with E-state index in [4.69, 9.17) is 5.73 Å². The SMILES string of the molecule is CC(C)n1c(C(C)(C)O)nc2ccc(N)cc21. The number of anilines is 1. The molecular weight excluding hydrogens is 214 g/mol. The Morgan fingerprint density at radius 1 is 1.35 bits per heavy atom. The second-order valence-electron chi connectivity index (χ2n) is 5.21. The molecule has 0 spiro atoms. The van der Waals surface area contributed by atoms with Crippen molar-refractivity contribution in [3.8, 4) is 0 Å². The molecular formula is C13H19N3O. The maximum Gasteiger partial charge on any atom is 0.141 e. The van der Waals surface area contributed by atoms with Crippen LogP contribution in [0.1, 0.15) is 39.6 Å². The Kier molecular flexibility index (Phi) is 2.62. The minimum Gasteiger partial charge on any atom is -0.399 e. The van der Waals surface area contributed by atoms with Gasteiger partial charge in [0.2, 0.25) is 0 Å². The monoisotopic (exact) mass is 233 g/mol. The smallest absolute Gasteiger partial charge is 0.141 e. The fourth-order valence-corrected chi connectivity index (χ4v) is 2.06. The summed E-state index contributed by atoms with van der Waals surface area (Å²) < 4.78 is 2.03. The quantitative estimate of drug-likeness (QED) is 0.783. The summed E-state index contributed by atoms with van der Waals surface area (Å²) in [5, 5.41) is 10.2. The van der Waals surface area contributed by atoms with E-state index in [1.54, 1.807) is 13.8 Å². The van der Waals surface area contributed by atoms with E-state index in [1.165, 1.54) is 0 Å². The summed E-state index contributed by atoms with van der Waals surface area (Å²) in [6.45, 7) is 7.63. The van der Waals surface area contributed by atoms with E-state index >= 15 is 0 Å². The van der Waals surface area contributed by atoms with Crippen molar-refractivity contribution in [1.29, 1.82) is 0 Å². The number of hydrogen-bond donors (Lipinski definition) is 2. The van der Waals surface area contributed by atoms with Crippen molar-refractivity contribution in [1.82, 2.24) is 9.55 Å². The second-order valence-corrected chi connectivity index (χ2v) is 5.21. The van der Waals surface area contributed by atoms with Crippen LogP contribution in [-0.2, 0) is 5.60 Å². The Morgan fingerprint density at radius 3 is 2.53 bits per heavy atom. The van der Waals surface area contributed by atoms with Crippen molar-refractivity contribution < 1.29 is 5.11 Å². The van der Waals surface area contributed by atoms with Crippen LogP contribution in [0, 0.1) is 0 Å². The van der Waals surface area contributed by atoms with Crippen molar-refractivity contribution in [2.75, 3.05) is 5.73 Å². The number of aliphatic hydroxyl groups is 1. The van der Waals surface area contributed by atoms with E-state index < -0.39 is 5.60 Å². The molecule has 0 fully saturated rings. The first-order valence-electron chi connectivity index (χ1n) is 5.81. The highest BCUT2D eigenvalue weighted by molar-refractivity contribution is 5.80. The fourth-order valence-electron chi connectivity index (χ4n) is 2.06. The van der Waals surface area contributed by atoms with Gasteiger partial charge in [0.1, 0.15) is 11.4 Å². The van der Waals surface area contributed by atoms with E-state index in [-0.39, 0.29) is 6.04 Å². The predicted molar refractivity (Wildman–Crippen MR) is 69.8 cm³/mol. The van der Waals surface area contributed by atoms with E-state index in [1.807, 2.05) is 22.8 Å². The molecule has 92 valence electrons. The van der Waals surface area contributed by atoms with Crippen LogP contribution in [0.2, 0.25) is 0 Å². The van der Waals surface area contributed by atoms with Gasteiger partial charge >= 0.3 is 0 Å². The summed E-state index contributed by atoms with van der Waals surface area (Å²) >= 11 is 0. The molecule has 0 radical (unpaired) electrons. The van der Waals surface area contributed by atoms with Gasteiger partial charge in [-0.25, -0.2) is 4.98 Å². The molecule has 2 rings (SSSR count). The highest BCUT2D eigenvalue weighted by Gasteiger charge is 2.25. The number of imidazole rings is 1. The fraction of sp³-hybridized carbons (Fsp3) is 0.462. The third-order valence-corrected chi connectivity index (χ3v) is 2.78. The van der Waals surface area contributed by atoms with Gasteiger partial charge in [0.05, 0.1) is 11.0 Å². The van der Waals surface area contributed by atoms with Crippen LogP contribution in [0.3, 0.4) is 0 Å². The zero-order valence-corrected chi connectivity index (χ0v) is 10.7. The Morgan fingerprint density at radius 2 is 2.00 bits per heavy atom. The number of benzene rings is 1. The Bertz CT molecular complexity index is 550. The molecule has 0 saturated heterocycles. The number of nitrogens with two attached hydrogens (primary N) is 1. The van der Waals surface area contributed by atoms with Crippen molar-refractivity contribution in [2.24, 2.45) is 0 Å². The zero-order chi connectivity index (χ0) is 12.8. The molecule has 1 aromatic carbocycles. The molecule has 1 heterocycles. The van der Waals surface area contributed by atoms with Crippen LogP contribution in [0.4, 0.5) is 5.69 Å². The molecule has 4 heteroatoms. The van der Waals surface area contributed by atoms with Gasteiger partial charge in [-0.3, -0.25) is 0 Å². The van der Waals surface area contributed by atoms with Crippen LogP contribution in [0.5, 0.6) is 0 Å². The number of nitrogen functional groups attached to an aromatic ring is 1. The van der Waals surface area contributed by atoms with Gasteiger partial charge in [-0.1, -0.05) is 0 Å². The summed E-state index contributed by atoms with van der Waals surface area (Å²) in [4.78, 5) is 4.50. The molecule has 0 amide bonds. The lowest BCUT2D eigenvalue weighted by molar-refractivity contribution is 0.0641. The molecule has 17 heavy (non-hydrogen) atoms. The van der Waals surface area contributed by atoms with Gasteiger partial charge in [0.25, 0.3) is 0 Å². The lowest BCUT2D eigenvalue weighted by Crippen LogP contribution is -2.23. The van der Waals surface area contributed by atoms with Gasteiger partial charge in [-0.15, -0.1) is 0 Å². The maximum atomic E-state index is 10.2. The second kappa shape index (κ2) is 3.74. The Balaban J connectivity index is 2.81. The number of fused-ring (bicyclic) bond motifs is 1. The van der Waals surface area contributed by atoms with Crippen molar-refractivity contribution in [3.63, 3.8) is 0 Å². The minimum absolute atomic E-state index is 0.225. The number of rotatable bonds is 2. The Labute approximate surface area is 101 Å². The maximum absolute atomic E-state index is 10.2. The summed E-state index contributed by atoms with van der Waals surface area (Å²) in [6.07, 6.45) is 0. The van der Waals surface area contributed by atoms with Crippen molar-refractivity contribution in [2.45, 2.75) is 39.3 Å². The van der Waals surface area contributed by atoms with E-state index in [0.717, 1.165) is 11.0 Å². The topological polar surface area (TPSA) is 64.1 Å². The number of hydrogen-bond acceptors (Lipinski definition) is 3. The molecule has 3 N–H and O–H groups in total. The Hall–Kier alpha value is -1.55. The molecule has 2 aromatic rings. The molecule has 0 atom stereocenters. The first kappa shape index (κ1) is 11.9. The third-order valence-electron chi connectivity index (χ3n) is 2.78. The van der Waals surface area contributed by atoms with E-state index in [9.17, 15) is 5.11 Å². The predicted octanol–water partition coefficient (Wildman–Crippen LogP) is 2.43. The average Bonchev–Trinajstić information content (AvgIpc) is 2.55. The lowest BCUT2D eigenvalue weighted by atomic mass is 10.1. The molecule has 0 aliphatic carbocycles. The van der Waals surface area contributed by atoms with Crippen LogP contribution < -0.4 is 5.73 Å².